The van der Waals surface area contributed by atoms with Crippen LogP contribution >= 0.6 is 0 Å². The van der Waals surface area contributed by atoms with Crippen molar-refractivity contribution in [2.75, 3.05) is 0 Å². The second kappa shape index (κ2) is 12.0. The molecule has 8 rings (SSSR count). The van der Waals surface area contributed by atoms with Crippen molar-refractivity contribution < 1.29 is 0 Å². The van der Waals surface area contributed by atoms with Crippen molar-refractivity contribution >= 4 is 21.9 Å². The Balaban J connectivity index is 0.941. The van der Waals surface area contributed by atoms with E-state index in [1.54, 1.807) is 38.6 Å². The third-order valence-electron chi connectivity index (χ3n) is 8.42. The summed E-state index contributed by atoms with van der Waals surface area (Å²) in [5, 5.41) is 9.84. The molecule has 3 aromatic carbocycles. The second-order valence-corrected chi connectivity index (χ2v) is 11.8. The van der Waals surface area contributed by atoms with Gasteiger partial charge in [-0.1, -0.05) is 60.7 Å². The van der Waals surface area contributed by atoms with Gasteiger partial charge < -0.3 is 0 Å². The molecule has 0 N–H and O–H groups in total. The lowest BCUT2D eigenvalue weighted by Crippen LogP contribution is -2.21. The molecule has 0 amide bonds. The van der Waals surface area contributed by atoms with Gasteiger partial charge in [0.05, 0.1) is 60.3 Å². The minimum atomic E-state index is -0.137. The lowest BCUT2D eigenvalue weighted by molar-refractivity contribution is 0.673. The highest BCUT2D eigenvalue weighted by Gasteiger charge is 2.10. The molecule has 11 heteroatoms. The van der Waals surface area contributed by atoms with Crippen molar-refractivity contribution in [1.82, 2.24) is 43.6 Å². The zero-order valence-electron chi connectivity index (χ0n) is 26.0. The lowest BCUT2D eigenvalue weighted by Gasteiger charge is -2.08. The van der Waals surface area contributed by atoms with Crippen LogP contribution in [0.25, 0.3) is 44.2 Å². The third-order valence-corrected chi connectivity index (χ3v) is 8.42. The molecular weight excluding hydrogens is 602 g/mol. The molecule has 0 unspecified atom stereocenters. The standard InChI is InChI=1S/C37H29N9O2/c1-43-20-29(16-40-43)27-10-6-26(7-11-27)19-45-24-39-35-33(37(45)48)15-14-31(42-35)22-46-21-30(17-41-46)28-12-8-25(9-13-28)18-44-23-38-34-5-3-2-4-32(34)36(44)47/h2-17,20-21,23-24H,18-19,22H2,1H3. The molecule has 48 heavy (non-hydrogen) atoms. The minimum absolute atomic E-state index is 0.0580. The fourth-order valence-electron chi connectivity index (χ4n) is 5.84. The first-order valence-electron chi connectivity index (χ1n) is 15.5. The van der Waals surface area contributed by atoms with Crippen LogP contribution in [0.15, 0.2) is 132 Å². The number of para-hydroxylation sites is 1. The molecule has 0 atom stereocenters. The number of hydrogen-bond donors (Lipinski definition) is 0. The molecule has 0 radical (unpaired) electrons. The maximum Gasteiger partial charge on any atom is 0.263 e. The zero-order valence-corrected chi connectivity index (χ0v) is 26.0. The second-order valence-electron chi connectivity index (χ2n) is 11.8. The van der Waals surface area contributed by atoms with Gasteiger partial charge in [0.1, 0.15) is 6.33 Å². The number of aromatic nitrogens is 9. The summed E-state index contributed by atoms with van der Waals surface area (Å²) in [6.07, 6.45) is 10.7. The average molecular weight is 632 g/mol. The Morgan fingerprint density at radius 1 is 0.583 bits per heavy atom. The van der Waals surface area contributed by atoms with Gasteiger partial charge in [-0.2, -0.15) is 10.2 Å². The van der Waals surface area contributed by atoms with E-state index in [1.165, 1.54) is 0 Å². The van der Waals surface area contributed by atoms with E-state index in [-0.39, 0.29) is 11.1 Å². The third kappa shape index (κ3) is 5.69. The Labute approximate surface area is 274 Å². The molecule has 5 heterocycles. The van der Waals surface area contributed by atoms with Gasteiger partial charge in [0.2, 0.25) is 0 Å². The maximum atomic E-state index is 13.3. The summed E-state index contributed by atoms with van der Waals surface area (Å²) in [6.45, 7) is 1.27. The molecular formula is C37H29N9O2. The molecule has 0 bridgehead atoms. The van der Waals surface area contributed by atoms with Crippen molar-refractivity contribution in [3.8, 4) is 22.3 Å². The van der Waals surface area contributed by atoms with E-state index in [0.29, 0.717) is 41.6 Å². The first kappa shape index (κ1) is 28.9. The molecule has 0 saturated heterocycles. The van der Waals surface area contributed by atoms with Gasteiger partial charge in [-0.15, -0.1) is 0 Å². The first-order valence-corrected chi connectivity index (χ1v) is 15.5. The summed E-state index contributed by atoms with van der Waals surface area (Å²) in [6, 6.07) is 27.1. The Morgan fingerprint density at radius 2 is 1.21 bits per heavy atom. The molecule has 5 aromatic heterocycles. The van der Waals surface area contributed by atoms with E-state index in [4.69, 9.17) is 0 Å². The number of rotatable bonds is 8. The molecule has 234 valence electrons. The number of fused-ring (bicyclic) bond motifs is 2. The zero-order chi connectivity index (χ0) is 32.6. The van der Waals surface area contributed by atoms with Crippen LogP contribution in [-0.2, 0) is 26.7 Å². The predicted molar refractivity (Wildman–Crippen MR) is 183 cm³/mol. The summed E-state index contributed by atoms with van der Waals surface area (Å²) in [4.78, 5) is 39.7. The van der Waals surface area contributed by atoms with E-state index >= 15 is 0 Å². The highest BCUT2D eigenvalue weighted by Crippen LogP contribution is 2.21. The molecule has 0 aliphatic rings. The smallest absolute Gasteiger partial charge is 0.263 e. The molecule has 11 nitrogen and oxygen atoms in total. The summed E-state index contributed by atoms with van der Waals surface area (Å²) < 4.78 is 6.81. The van der Waals surface area contributed by atoms with Crippen LogP contribution in [0.2, 0.25) is 0 Å². The SMILES string of the molecule is Cn1cc(-c2ccc(Cn3cnc4nc(Cn5cc(-c6ccc(Cn7cnc8ccccc8c7=O)cc6)cn5)ccc4c3=O)cc2)cn1. The van der Waals surface area contributed by atoms with Crippen LogP contribution in [0.3, 0.4) is 0 Å². The number of hydrogen-bond acceptors (Lipinski definition) is 7. The largest absolute Gasteiger partial charge is 0.294 e. The number of aryl methyl sites for hydroxylation is 1. The summed E-state index contributed by atoms with van der Waals surface area (Å²) >= 11 is 0. The fraction of sp³-hybridized carbons (Fsp3) is 0.108. The Bertz CT molecular complexity index is 2540. The summed E-state index contributed by atoms with van der Waals surface area (Å²) in [5.41, 5.74) is 7.73. The van der Waals surface area contributed by atoms with Crippen LogP contribution in [0.1, 0.15) is 16.8 Å². The lowest BCUT2D eigenvalue weighted by atomic mass is 10.1. The van der Waals surface area contributed by atoms with Crippen molar-refractivity contribution in [3.63, 3.8) is 0 Å². The molecule has 0 aliphatic carbocycles. The van der Waals surface area contributed by atoms with E-state index in [1.807, 2.05) is 109 Å². The van der Waals surface area contributed by atoms with Gasteiger partial charge in [0, 0.05) is 30.6 Å². The van der Waals surface area contributed by atoms with Gasteiger partial charge in [-0.3, -0.25) is 28.1 Å². The fourth-order valence-corrected chi connectivity index (χ4v) is 5.84. The van der Waals surface area contributed by atoms with Crippen molar-refractivity contribution in [3.05, 3.63) is 160 Å². The summed E-state index contributed by atoms with van der Waals surface area (Å²) in [7, 11) is 1.89. The minimum Gasteiger partial charge on any atom is -0.294 e. The van der Waals surface area contributed by atoms with Crippen molar-refractivity contribution in [2.24, 2.45) is 7.05 Å². The Morgan fingerprint density at radius 3 is 1.90 bits per heavy atom. The van der Waals surface area contributed by atoms with Gasteiger partial charge in [0.15, 0.2) is 5.65 Å². The highest BCUT2D eigenvalue weighted by atomic mass is 16.1. The molecule has 0 aliphatic heterocycles. The van der Waals surface area contributed by atoms with E-state index in [2.05, 4.69) is 25.1 Å². The van der Waals surface area contributed by atoms with Crippen molar-refractivity contribution in [1.29, 1.82) is 0 Å². The summed E-state index contributed by atoms with van der Waals surface area (Å²) in [5.74, 6) is 0. The molecule has 0 spiro atoms. The van der Waals surface area contributed by atoms with Gasteiger partial charge >= 0.3 is 0 Å². The molecule has 0 fully saturated rings. The number of nitrogens with zero attached hydrogens (tertiary/aromatic N) is 9. The normalized spacial score (nSPS) is 11.4. The highest BCUT2D eigenvalue weighted by molar-refractivity contribution is 5.77. The Kier molecular flexibility index (Phi) is 7.25. The van der Waals surface area contributed by atoms with Crippen LogP contribution in [0.4, 0.5) is 0 Å². The molecule has 0 saturated carbocycles. The average Bonchev–Trinajstić information content (AvgIpc) is 3.77. The monoisotopic (exact) mass is 631 g/mol. The van der Waals surface area contributed by atoms with Gasteiger partial charge in [0.25, 0.3) is 11.1 Å². The maximum absolute atomic E-state index is 13.3. The first-order chi connectivity index (χ1) is 23.5. The van der Waals surface area contributed by atoms with Crippen LogP contribution in [0, 0.1) is 0 Å². The van der Waals surface area contributed by atoms with E-state index in [0.717, 1.165) is 39.1 Å². The topological polar surface area (TPSA) is 118 Å². The van der Waals surface area contributed by atoms with Crippen molar-refractivity contribution in [2.45, 2.75) is 19.6 Å². The van der Waals surface area contributed by atoms with Crippen LogP contribution < -0.4 is 11.1 Å². The van der Waals surface area contributed by atoms with Crippen LogP contribution in [0.5, 0.6) is 0 Å². The molecule has 8 aromatic rings. The van der Waals surface area contributed by atoms with Gasteiger partial charge in [-0.25, -0.2) is 15.0 Å². The number of benzene rings is 3. The van der Waals surface area contributed by atoms with Crippen LogP contribution in [-0.4, -0.2) is 43.6 Å². The van der Waals surface area contributed by atoms with Gasteiger partial charge in [-0.05, 0) is 46.5 Å². The van der Waals surface area contributed by atoms with E-state index < -0.39 is 0 Å². The van der Waals surface area contributed by atoms with E-state index in [9.17, 15) is 9.59 Å². The predicted octanol–water partition coefficient (Wildman–Crippen LogP) is 4.91. The number of pyridine rings is 1. The quantitative estimate of drug-likeness (QED) is 0.234. The Hall–Kier alpha value is -6.49.